The van der Waals surface area contributed by atoms with Crippen LogP contribution in [-0.2, 0) is 9.53 Å². The predicted octanol–water partition coefficient (Wildman–Crippen LogP) is 4.25. The molecule has 0 fully saturated rings. The van der Waals surface area contributed by atoms with Crippen molar-refractivity contribution < 1.29 is 28.3 Å². The number of esters is 1. The van der Waals surface area contributed by atoms with Crippen molar-refractivity contribution in [1.29, 1.82) is 0 Å². The van der Waals surface area contributed by atoms with Gasteiger partial charge in [0.2, 0.25) is 0 Å². The van der Waals surface area contributed by atoms with Gasteiger partial charge in [-0.15, -0.1) is 6.58 Å². The minimum Gasteiger partial charge on any atom is -0.467 e. The molecular formula is C27H20ClN3O6. The van der Waals surface area contributed by atoms with E-state index in [0.717, 1.165) is 10.5 Å². The molecular weight excluding hydrogens is 498 g/mol. The fraction of sp³-hybridized carbons (Fsp3) is 0.148. The molecule has 0 bridgehead atoms. The summed E-state index contributed by atoms with van der Waals surface area (Å²) in [6.45, 7) is 3.02. The molecule has 3 heterocycles. The number of furan rings is 1. The zero-order valence-electron chi connectivity index (χ0n) is 19.4. The first-order valence-electron chi connectivity index (χ1n) is 11.3. The van der Waals surface area contributed by atoms with Gasteiger partial charge in [0.25, 0.3) is 17.7 Å². The Morgan fingerprint density at radius 2 is 1.86 bits per heavy atom. The summed E-state index contributed by atoms with van der Waals surface area (Å²) in [6, 6.07) is 14.1. The number of halogens is 1. The van der Waals surface area contributed by atoms with Crippen molar-refractivity contribution in [2.24, 2.45) is 5.10 Å². The third-order valence-corrected chi connectivity index (χ3v) is 6.31. The summed E-state index contributed by atoms with van der Waals surface area (Å²) in [4.78, 5) is 51.7. The number of imide groups is 1. The first-order valence-corrected chi connectivity index (χ1v) is 11.7. The summed E-state index contributed by atoms with van der Waals surface area (Å²) in [5.74, 6) is -1.80. The summed E-state index contributed by atoms with van der Waals surface area (Å²) >= 11 is 5.99. The molecule has 3 amide bonds. The summed E-state index contributed by atoms with van der Waals surface area (Å²) in [7, 11) is 0. The molecule has 2 aliphatic heterocycles. The van der Waals surface area contributed by atoms with E-state index in [2.05, 4.69) is 11.7 Å². The molecule has 3 aromatic rings. The van der Waals surface area contributed by atoms with Crippen LogP contribution in [0.25, 0.3) is 0 Å². The smallest absolute Gasteiger partial charge is 0.338 e. The molecule has 0 radical (unpaired) electrons. The monoisotopic (exact) mass is 517 g/mol. The zero-order chi connectivity index (χ0) is 26.1. The molecule has 37 heavy (non-hydrogen) atoms. The van der Waals surface area contributed by atoms with Crippen LogP contribution in [0.3, 0.4) is 0 Å². The van der Waals surface area contributed by atoms with Gasteiger partial charge in [-0.05, 0) is 48.0 Å². The highest BCUT2D eigenvalue weighted by atomic mass is 35.5. The van der Waals surface area contributed by atoms with E-state index in [-0.39, 0.29) is 23.2 Å². The summed E-state index contributed by atoms with van der Waals surface area (Å²) in [5.41, 5.74) is 1.80. The van der Waals surface area contributed by atoms with Crippen molar-refractivity contribution in [2.45, 2.75) is 12.5 Å². The van der Waals surface area contributed by atoms with Crippen molar-refractivity contribution in [3.8, 4) is 0 Å². The van der Waals surface area contributed by atoms with E-state index in [1.807, 2.05) is 12.1 Å². The summed E-state index contributed by atoms with van der Waals surface area (Å²) < 4.78 is 10.8. The SMILES string of the molecule is C=CCN1C(=O)c2ccc(C(=O)OCC(=O)N3N=C(c4ccc(Cl)cc4)CC3c3ccco3)cc2C1=O. The number of hydrazone groups is 1. The number of rotatable bonds is 7. The van der Waals surface area contributed by atoms with E-state index >= 15 is 0 Å². The van der Waals surface area contributed by atoms with Gasteiger partial charge in [-0.2, -0.15) is 5.10 Å². The topological polar surface area (TPSA) is 109 Å². The van der Waals surface area contributed by atoms with Crippen LogP contribution in [0.15, 0.2) is 83.0 Å². The van der Waals surface area contributed by atoms with E-state index < -0.39 is 36.3 Å². The third kappa shape index (κ3) is 4.56. The summed E-state index contributed by atoms with van der Waals surface area (Å²) in [6.07, 6.45) is 3.35. The van der Waals surface area contributed by atoms with E-state index in [1.54, 1.807) is 24.3 Å². The van der Waals surface area contributed by atoms with E-state index in [0.29, 0.717) is 22.9 Å². The lowest BCUT2D eigenvalue weighted by Gasteiger charge is -2.19. The number of fused-ring (bicyclic) bond motifs is 1. The fourth-order valence-electron chi connectivity index (χ4n) is 4.25. The van der Waals surface area contributed by atoms with Gasteiger partial charge in [0, 0.05) is 18.0 Å². The molecule has 0 spiro atoms. The van der Waals surface area contributed by atoms with Crippen molar-refractivity contribution in [2.75, 3.05) is 13.2 Å². The molecule has 186 valence electrons. The number of hydrogen-bond donors (Lipinski definition) is 0. The standard InChI is InChI=1S/C27H20ClN3O6/c1-2-11-30-25(33)19-10-7-17(13-20(19)26(30)34)27(35)37-15-24(32)31-22(23-4-3-12-36-23)14-21(29-31)16-5-8-18(28)9-6-16/h2-10,12-13,22H,1,11,14-15H2. The predicted molar refractivity (Wildman–Crippen MR) is 133 cm³/mol. The Morgan fingerprint density at radius 3 is 2.57 bits per heavy atom. The maximum atomic E-state index is 13.1. The van der Waals surface area contributed by atoms with E-state index in [4.69, 9.17) is 20.8 Å². The maximum Gasteiger partial charge on any atom is 0.338 e. The highest BCUT2D eigenvalue weighted by Crippen LogP contribution is 2.33. The van der Waals surface area contributed by atoms with Crippen LogP contribution in [0.1, 0.15) is 54.9 Å². The minimum absolute atomic E-state index is 0.0440. The average Bonchev–Trinajstić information content (AvgIpc) is 3.64. The van der Waals surface area contributed by atoms with Gasteiger partial charge in [0.05, 0.1) is 28.7 Å². The lowest BCUT2D eigenvalue weighted by atomic mass is 10.0. The summed E-state index contributed by atoms with van der Waals surface area (Å²) in [5, 5.41) is 6.30. The normalized spacial score (nSPS) is 16.6. The fourth-order valence-corrected chi connectivity index (χ4v) is 4.37. The molecule has 0 N–H and O–H groups in total. The van der Waals surface area contributed by atoms with Gasteiger partial charge in [-0.25, -0.2) is 9.80 Å². The van der Waals surface area contributed by atoms with Crippen molar-refractivity contribution in [1.82, 2.24) is 9.91 Å². The third-order valence-electron chi connectivity index (χ3n) is 6.06. The average molecular weight is 518 g/mol. The molecule has 0 saturated carbocycles. The van der Waals surface area contributed by atoms with Gasteiger partial charge in [-0.3, -0.25) is 19.3 Å². The van der Waals surface area contributed by atoms with E-state index in [9.17, 15) is 19.2 Å². The number of carbonyl (C=O) groups is 4. The molecule has 1 unspecified atom stereocenters. The Kier molecular flexibility index (Phi) is 6.45. The first kappa shape index (κ1) is 24.2. The van der Waals surface area contributed by atoms with E-state index in [1.165, 1.54) is 35.5 Å². The lowest BCUT2D eigenvalue weighted by Crippen LogP contribution is -2.31. The number of nitrogens with zero attached hydrogens (tertiary/aromatic N) is 3. The largest absolute Gasteiger partial charge is 0.467 e. The van der Waals surface area contributed by atoms with Crippen LogP contribution < -0.4 is 0 Å². The Labute approximate surface area is 216 Å². The maximum absolute atomic E-state index is 13.1. The van der Waals surface area contributed by atoms with Crippen LogP contribution in [0.5, 0.6) is 0 Å². The van der Waals surface area contributed by atoms with Crippen LogP contribution in [0, 0.1) is 0 Å². The Hall–Kier alpha value is -4.50. The molecule has 5 rings (SSSR count). The van der Waals surface area contributed by atoms with Crippen LogP contribution >= 0.6 is 11.6 Å². The van der Waals surface area contributed by atoms with Gasteiger partial charge in [-0.1, -0.05) is 29.8 Å². The second-order valence-electron chi connectivity index (χ2n) is 8.37. The molecule has 1 aromatic heterocycles. The molecule has 0 saturated heterocycles. The number of hydrogen-bond acceptors (Lipinski definition) is 7. The van der Waals surface area contributed by atoms with Crippen LogP contribution in [-0.4, -0.2) is 52.5 Å². The number of carbonyl (C=O) groups excluding carboxylic acids is 4. The number of amides is 3. The highest BCUT2D eigenvalue weighted by Gasteiger charge is 2.37. The molecule has 2 aromatic carbocycles. The van der Waals surface area contributed by atoms with Crippen molar-refractivity contribution in [3.63, 3.8) is 0 Å². The molecule has 0 aliphatic carbocycles. The van der Waals surface area contributed by atoms with Gasteiger partial charge < -0.3 is 9.15 Å². The second-order valence-corrected chi connectivity index (χ2v) is 8.81. The van der Waals surface area contributed by atoms with Crippen LogP contribution in [0.2, 0.25) is 5.02 Å². The first-order chi connectivity index (χ1) is 17.9. The number of ether oxygens (including phenoxy) is 1. The van der Waals surface area contributed by atoms with Gasteiger partial charge in [0.15, 0.2) is 6.61 Å². The van der Waals surface area contributed by atoms with Crippen LogP contribution in [0.4, 0.5) is 0 Å². The van der Waals surface area contributed by atoms with Crippen molar-refractivity contribution >= 4 is 41.0 Å². The molecule has 10 heteroatoms. The highest BCUT2D eigenvalue weighted by molar-refractivity contribution is 6.30. The Bertz CT molecular complexity index is 1450. The lowest BCUT2D eigenvalue weighted by molar-refractivity contribution is -0.136. The van der Waals surface area contributed by atoms with Gasteiger partial charge in [0.1, 0.15) is 11.8 Å². The molecule has 2 aliphatic rings. The van der Waals surface area contributed by atoms with Crippen molar-refractivity contribution in [3.05, 3.63) is 107 Å². The second kappa shape index (κ2) is 9.87. The minimum atomic E-state index is -0.811. The zero-order valence-corrected chi connectivity index (χ0v) is 20.2. The molecule has 9 nitrogen and oxygen atoms in total. The Morgan fingerprint density at radius 1 is 1.11 bits per heavy atom. The Balaban J connectivity index is 1.31. The molecule has 1 atom stereocenters. The van der Waals surface area contributed by atoms with Gasteiger partial charge >= 0.3 is 5.97 Å². The quantitative estimate of drug-likeness (QED) is 0.263. The number of benzene rings is 2.